The van der Waals surface area contributed by atoms with Gasteiger partial charge in [-0.15, -0.1) is 0 Å². The number of carbonyl (C=O) groups excluding carboxylic acids is 1. The van der Waals surface area contributed by atoms with E-state index in [2.05, 4.69) is 35.1 Å². The Balaban J connectivity index is 1.41. The monoisotopic (exact) mass is 419 g/mol. The Kier molecular flexibility index (Phi) is 6.37. The number of nitrogens with zero attached hydrogens (tertiary/aromatic N) is 2. The largest absolute Gasteiger partial charge is 0.497 e. The van der Waals surface area contributed by atoms with Crippen molar-refractivity contribution >= 4 is 23.0 Å². The fraction of sp³-hybridized carbons (Fsp3) is 0.360. The summed E-state index contributed by atoms with van der Waals surface area (Å²) in [4.78, 5) is 19.8. The van der Waals surface area contributed by atoms with Crippen LogP contribution in [0.3, 0.4) is 0 Å². The van der Waals surface area contributed by atoms with Gasteiger partial charge in [-0.05, 0) is 48.2 Å². The van der Waals surface area contributed by atoms with Crippen molar-refractivity contribution < 1.29 is 14.3 Å². The number of pyridine rings is 1. The second-order valence-electron chi connectivity index (χ2n) is 8.07. The molecule has 0 saturated carbocycles. The molecule has 0 spiro atoms. The second kappa shape index (κ2) is 9.35. The predicted octanol–water partition coefficient (Wildman–Crippen LogP) is 4.16. The van der Waals surface area contributed by atoms with Crippen molar-refractivity contribution in [2.24, 2.45) is 11.8 Å². The Bertz CT molecular complexity index is 967. The number of aromatic nitrogens is 1. The van der Waals surface area contributed by atoms with E-state index >= 15 is 0 Å². The van der Waals surface area contributed by atoms with Gasteiger partial charge in [0, 0.05) is 13.1 Å². The molecular weight excluding hydrogens is 390 g/mol. The van der Waals surface area contributed by atoms with Gasteiger partial charge in [0.15, 0.2) is 0 Å². The lowest BCUT2D eigenvalue weighted by atomic mass is 9.80. The first kappa shape index (κ1) is 21.1. The fourth-order valence-electron chi connectivity index (χ4n) is 4.15. The maximum atomic E-state index is 13.0. The SMILES string of the molecule is COc1ccc(C2=CC=CC(C(=O)Nc3ccc(N4CCO[C@H](C)C4)nc3)C2C)cc1. The third kappa shape index (κ3) is 4.80. The fourth-order valence-corrected chi connectivity index (χ4v) is 4.15. The average Bonchev–Trinajstić information content (AvgIpc) is 2.80. The number of benzene rings is 1. The van der Waals surface area contributed by atoms with Crippen LogP contribution in [-0.2, 0) is 9.53 Å². The number of rotatable bonds is 5. The number of ether oxygens (including phenoxy) is 2. The highest BCUT2D eigenvalue weighted by atomic mass is 16.5. The van der Waals surface area contributed by atoms with Crippen molar-refractivity contribution in [2.75, 3.05) is 37.0 Å². The lowest BCUT2D eigenvalue weighted by Gasteiger charge is -2.32. The molecule has 1 amide bonds. The summed E-state index contributed by atoms with van der Waals surface area (Å²) in [5, 5.41) is 3.03. The third-order valence-corrected chi connectivity index (χ3v) is 5.93. The van der Waals surface area contributed by atoms with E-state index in [-0.39, 0.29) is 23.8 Å². The number of anilines is 2. The molecule has 2 unspecified atom stereocenters. The van der Waals surface area contributed by atoms with Crippen molar-refractivity contribution in [2.45, 2.75) is 20.0 Å². The first-order chi connectivity index (χ1) is 15.0. The predicted molar refractivity (Wildman–Crippen MR) is 123 cm³/mol. The van der Waals surface area contributed by atoms with E-state index in [4.69, 9.17) is 9.47 Å². The minimum absolute atomic E-state index is 0.0302. The molecule has 1 aliphatic heterocycles. The number of nitrogens with one attached hydrogen (secondary N) is 1. The summed E-state index contributed by atoms with van der Waals surface area (Å²) in [6, 6.07) is 11.8. The van der Waals surface area contributed by atoms with Gasteiger partial charge in [-0.3, -0.25) is 4.79 Å². The quantitative estimate of drug-likeness (QED) is 0.788. The van der Waals surface area contributed by atoms with Crippen molar-refractivity contribution in [3.63, 3.8) is 0 Å². The molecule has 2 heterocycles. The van der Waals surface area contributed by atoms with Crippen LogP contribution in [0.25, 0.3) is 5.57 Å². The molecule has 1 aliphatic carbocycles. The van der Waals surface area contributed by atoms with Crippen molar-refractivity contribution in [3.8, 4) is 5.75 Å². The number of hydrogen-bond acceptors (Lipinski definition) is 5. The standard InChI is InChI=1S/C25H29N3O3/c1-17-16-28(13-14-31-17)24-12-9-20(15-26-24)27-25(29)23-6-4-5-22(18(23)2)19-7-10-21(30-3)11-8-19/h4-12,15,17-18,23H,13-14,16H2,1-3H3,(H,27,29)/t17-,18?,23?/m1/s1. The molecule has 2 aliphatic rings. The van der Waals surface area contributed by atoms with Crippen LogP contribution in [0.15, 0.2) is 60.8 Å². The van der Waals surface area contributed by atoms with E-state index in [9.17, 15) is 4.79 Å². The lowest BCUT2D eigenvalue weighted by Crippen LogP contribution is -2.41. The van der Waals surface area contributed by atoms with Crippen LogP contribution in [0.5, 0.6) is 5.75 Å². The van der Waals surface area contributed by atoms with Gasteiger partial charge >= 0.3 is 0 Å². The van der Waals surface area contributed by atoms with Gasteiger partial charge in [0.25, 0.3) is 0 Å². The summed E-state index contributed by atoms with van der Waals surface area (Å²) >= 11 is 0. The molecule has 1 aromatic heterocycles. The number of morpholine rings is 1. The minimum atomic E-state index is -0.248. The number of methoxy groups -OCH3 is 1. The number of allylic oxidation sites excluding steroid dienone is 3. The topological polar surface area (TPSA) is 63.7 Å². The first-order valence-corrected chi connectivity index (χ1v) is 10.7. The van der Waals surface area contributed by atoms with Crippen molar-refractivity contribution in [1.29, 1.82) is 0 Å². The van der Waals surface area contributed by atoms with Crippen LogP contribution in [0.2, 0.25) is 0 Å². The molecule has 31 heavy (non-hydrogen) atoms. The minimum Gasteiger partial charge on any atom is -0.497 e. The molecule has 2 aromatic rings. The summed E-state index contributed by atoms with van der Waals surface area (Å²) in [5.74, 6) is 1.50. The molecule has 1 N–H and O–H groups in total. The maximum absolute atomic E-state index is 13.0. The zero-order valence-electron chi connectivity index (χ0n) is 18.2. The molecule has 1 fully saturated rings. The lowest BCUT2D eigenvalue weighted by molar-refractivity contribution is -0.119. The van der Waals surface area contributed by atoms with E-state index in [1.807, 2.05) is 48.6 Å². The van der Waals surface area contributed by atoms with Gasteiger partial charge in [-0.2, -0.15) is 0 Å². The van der Waals surface area contributed by atoms with E-state index in [1.54, 1.807) is 13.3 Å². The number of amides is 1. The molecule has 0 bridgehead atoms. The summed E-state index contributed by atoms with van der Waals surface area (Å²) in [6.07, 6.45) is 7.93. The molecule has 6 heteroatoms. The van der Waals surface area contributed by atoms with E-state index in [1.165, 1.54) is 0 Å². The third-order valence-electron chi connectivity index (χ3n) is 5.93. The van der Waals surface area contributed by atoms with Crippen LogP contribution in [0.1, 0.15) is 19.4 Å². The summed E-state index contributed by atoms with van der Waals surface area (Å²) < 4.78 is 10.8. The van der Waals surface area contributed by atoms with Crippen LogP contribution < -0.4 is 15.0 Å². The summed E-state index contributed by atoms with van der Waals surface area (Å²) in [7, 11) is 1.66. The highest BCUT2D eigenvalue weighted by molar-refractivity contribution is 5.95. The summed E-state index contributed by atoms with van der Waals surface area (Å²) in [6.45, 7) is 6.51. The second-order valence-corrected chi connectivity index (χ2v) is 8.07. The van der Waals surface area contributed by atoms with E-state index < -0.39 is 0 Å². The Morgan fingerprint density at radius 1 is 1.19 bits per heavy atom. The molecule has 1 aromatic carbocycles. The maximum Gasteiger partial charge on any atom is 0.231 e. The van der Waals surface area contributed by atoms with Gasteiger partial charge in [-0.1, -0.05) is 37.3 Å². The van der Waals surface area contributed by atoms with Crippen LogP contribution in [0.4, 0.5) is 11.5 Å². The Morgan fingerprint density at radius 3 is 2.68 bits per heavy atom. The van der Waals surface area contributed by atoms with Crippen molar-refractivity contribution in [3.05, 3.63) is 66.4 Å². The Morgan fingerprint density at radius 2 is 2.00 bits per heavy atom. The van der Waals surface area contributed by atoms with Gasteiger partial charge in [0.05, 0.1) is 37.6 Å². The van der Waals surface area contributed by atoms with Crippen LogP contribution >= 0.6 is 0 Å². The highest BCUT2D eigenvalue weighted by Crippen LogP contribution is 2.34. The van der Waals surface area contributed by atoms with Gasteiger partial charge in [-0.25, -0.2) is 4.98 Å². The molecule has 0 radical (unpaired) electrons. The molecule has 162 valence electrons. The molecule has 6 nitrogen and oxygen atoms in total. The van der Waals surface area contributed by atoms with Gasteiger partial charge < -0.3 is 19.7 Å². The first-order valence-electron chi connectivity index (χ1n) is 10.7. The van der Waals surface area contributed by atoms with Gasteiger partial charge in [0.2, 0.25) is 5.91 Å². The van der Waals surface area contributed by atoms with Crippen LogP contribution in [0, 0.1) is 11.8 Å². The normalized spacial score (nSPS) is 23.3. The Hall–Kier alpha value is -3.12. The molecular formula is C25H29N3O3. The smallest absolute Gasteiger partial charge is 0.231 e. The van der Waals surface area contributed by atoms with E-state index in [0.29, 0.717) is 12.3 Å². The zero-order valence-corrected chi connectivity index (χ0v) is 18.2. The summed E-state index contributed by atoms with van der Waals surface area (Å²) in [5.41, 5.74) is 2.94. The molecule has 1 saturated heterocycles. The number of carbonyl (C=O) groups is 1. The average molecular weight is 420 g/mol. The Labute approximate surface area is 183 Å². The van der Waals surface area contributed by atoms with E-state index in [0.717, 1.165) is 35.8 Å². The van der Waals surface area contributed by atoms with Crippen LogP contribution in [-0.4, -0.2) is 43.8 Å². The molecule has 3 atom stereocenters. The molecule has 4 rings (SSSR count). The zero-order chi connectivity index (χ0) is 21.8. The highest BCUT2D eigenvalue weighted by Gasteiger charge is 2.28. The van der Waals surface area contributed by atoms with Gasteiger partial charge in [0.1, 0.15) is 11.6 Å². The number of hydrogen-bond donors (Lipinski definition) is 1. The van der Waals surface area contributed by atoms with Crippen molar-refractivity contribution in [1.82, 2.24) is 4.98 Å².